The molecule has 2 aromatic carbocycles. The van der Waals surface area contributed by atoms with Crippen molar-refractivity contribution >= 4 is 29.3 Å². The second kappa shape index (κ2) is 8.21. The van der Waals surface area contributed by atoms with E-state index in [4.69, 9.17) is 0 Å². The zero-order valence-electron chi connectivity index (χ0n) is 15.3. The predicted octanol–water partition coefficient (Wildman–Crippen LogP) is 4.04. The zero-order chi connectivity index (χ0) is 18.6. The molecule has 0 fully saturated rings. The van der Waals surface area contributed by atoms with Crippen molar-refractivity contribution in [2.24, 2.45) is 0 Å². The van der Waals surface area contributed by atoms with Crippen LogP contribution in [0.15, 0.2) is 41.3 Å². The highest BCUT2D eigenvalue weighted by molar-refractivity contribution is 7.98. The van der Waals surface area contributed by atoms with Gasteiger partial charge in [-0.3, -0.25) is 9.59 Å². The summed E-state index contributed by atoms with van der Waals surface area (Å²) in [6, 6.07) is 11.6. The molecule has 0 aromatic heterocycles. The lowest BCUT2D eigenvalue weighted by atomic mass is 10.1. The first-order valence-corrected chi connectivity index (χ1v) is 9.32. The summed E-state index contributed by atoms with van der Waals surface area (Å²) in [5, 5.41) is 2.89. The van der Waals surface area contributed by atoms with Crippen molar-refractivity contribution in [2.75, 3.05) is 25.2 Å². The molecule has 0 atom stereocenters. The van der Waals surface area contributed by atoms with Crippen LogP contribution in [0.1, 0.15) is 27.0 Å². The average Bonchev–Trinajstić information content (AvgIpc) is 2.58. The number of carbonyl (C=O) groups excluding carboxylic acids is 2. The Balaban J connectivity index is 2.08. The standard InChI is InChI=1S/C20H24N2O2S/c1-13-7-6-8-18(15(13)3)21-19(23)12-22(4)20(24)17-11-16(25-5)10-9-14(17)2/h6-11H,12H2,1-5H3,(H,21,23). The van der Waals surface area contributed by atoms with Gasteiger partial charge in [0.25, 0.3) is 5.91 Å². The van der Waals surface area contributed by atoms with Gasteiger partial charge in [-0.15, -0.1) is 11.8 Å². The Bertz CT molecular complexity index is 802. The number of aryl methyl sites for hydroxylation is 2. The first-order chi connectivity index (χ1) is 11.8. The van der Waals surface area contributed by atoms with Crippen LogP contribution in [-0.4, -0.2) is 36.6 Å². The monoisotopic (exact) mass is 356 g/mol. The Hall–Kier alpha value is -2.27. The normalized spacial score (nSPS) is 10.4. The van der Waals surface area contributed by atoms with Gasteiger partial charge in [-0.2, -0.15) is 0 Å². The van der Waals surface area contributed by atoms with Crippen molar-refractivity contribution in [3.8, 4) is 0 Å². The van der Waals surface area contributed by atoms with Gasteiger partial charge in [0.05, 0.1) is 6.54 Å². The molecule has 0 bridgehead atoms. The molecule has 0 aliphatic heterocycles. The van der Waals surface area contributed by atoms with E-state index in [1.54, 1.807) is 18.8 Å². The second-order valence-corrected chi connectivity index (χ2v) is 7.02. The van der Waals surface area contributed by atoms with Crippen LogP contribution >= 0.6 is 11.8 Å². The smallest absolute Gasteiger partial charge is 0.254 e. The maximum absolute atomic E-state index is 12.7. The number of carbonyl (C=O) groups is 2. The van der Waals surface area contributed by atoms with Gasteiger partial charge in [0.1, 0.15) is 0 Å². The number of amides is 2. The lowest BCUT2D eigenvalue weighted by Gasteiger charge is -2.19. The third-order valence-corrected chi connectivity index (χ3v) is 5.01. The Kier molecular flexibility index (Phi) is 6.26. The molecule has 0 heterocycles. The molecule has 0 unspecified atom stereocenters. The molecule has 0 aliphatic rings. The molecule has 0 saturated carbocycles. The maximum atomic E-state index is 12.7. The molecule has 0 spiro atoms. The topological polar surface area (TPSA) is 49.4 Å². The van der Waals surface area contributed by atoms with E-state index in [0.717, 1.165) is 27.3 Å². The van der Waals surface area contributed by atoms with Crippen LogP contribution in [0, 0.1) is 20.8 Å². The number of nitrogens with zero attached hydrogens (tertiary/aromatic N) is 1. The molecule has 0 saturated heterocycles. The minimum atomic E-state index is -0.205. The Morgan fingerprint density at radius 2 is 1.80 bits per heavy atom. The Labute approximate surface area is 153 Å². The van der Waals surface area contributed by atoms with Gasteiger partial charge >= 0.3 is 0 Å². The largest absolute Gasteiger partial charge is 0.332 e. The number of hydrogen-bond acceptors (Lipinski definition) is 3. The molecule has 132 valence electrons. The Morgan fingerprint density at radius 3 is 2.48 bits per heavy atom. The van der Waals surface area contributed by atoms with E-state index in [0.29, 0.717) is 5.56 Å². The summed E-state index contributed by atoms with van der Waals surface area (Å²) in [6.45, 7) is 5.88. The van der Waals surface area contributed by atoms with Crippen LogP contribution in [0.4, 0.5) is 5.69 Å². The Morgan fingerprint density at radius 1 is 1.08 bits per heavy atom. The van der Waals surface area contributed by atoms with Crippen molar-refractivity contribution < 1.29 is 9.59 Å². The highest BCUT2D eigenvalue weighted by Gasteiger charge is 2.18. The SMILES string of the molecule is CSc1ccc(C)c(C(=O)N(C)CC(=O)Nc2cccc(C)c2C)c1. The minimum absolute atomic E-state index is 0.00908. The van der Waals surface area contributed by atoms with E-state index in [-0.39, 0.29) is 18.4 Å². The van der Waals surface area contributed by atoms with Crippen molar-refractivity contribution in [3.05, 3.63) is 58.7 Å². The molecule has 4 nitrogen and oxygen atoms in total. The molecule has 2 rings (SSSR count). The van der Waals surface area contributed by atoms with Crippen molar-refractivity contribution in [1.82, 2.24) is 4.90 Å². The number of likely N-dealkylation sites (N-methyl/N-ethyl adjacent to an activating group) is 1. The van der Waals surface area contributed by atoms with Gasteiger partial charge in [0.2, 0.25) is 5.91 Å². The minimum Gasteiger partial charge on any atom is -0.332 e. The van der Waals surface area contributed by atoms with Crippen molar-refractivity contribution in [2.45, 2.75) is 25.7 Å². The van der Waals surface area contributed by atoms with Gasteiger partial charge in [-0.05, 0) is 61.9 Å². The summed E-state index contributed by atoms with van der Waals surface area (Å²) in [6.07, 6.45) is 1.97. The molecule has 1 N–H and O–H groups in total. The predicted molar refractivity (Wildman–Crippen MR) is 104 cm³/mol. The van der Waals surface area contributed by atoms with Crippen LogP contribution in [0.25, 0.3) is 0 Å². The van der Waals surface area contributed by atoms with E-state index in [1.165, 1.54) is 4.90 Å². The molecular weight excluding hydrogens is 332 g/mol. The number of hydrogen-bond donors (Lipinski definition) is 1. The van der Waals surface area contributed by atoms with Crippen LogP contribution in [0.5, 0.6) is 0 Å². The maximum Gasteiger partial charge on any atom is 0.254 e. The van der Waals surface area contributed by atoms with Gasteiger partial charge in [-0.1, -0.05) is 18.2 Å². The van der Waals surface area contributed by atoms with E-state index in [9.17, 15) is 9.59 Å². The molecule has 25 heavy (non-hydrogen) atoms. The summed E-state index contributed by atoms with van der Waals surface area (Å²) < 4.78 is 0. The molecule has 5 heteroatoms. The van der Waals surface area contributed by atoms with Crippen molar-refractivity contribution in [1.29, 1.82) is 0 Å². The van der Waals surface area contributed by atoms with Crippen LogP contribution in [0.2, 0.25) is 0 Å². The number of benzene rings is 2. The lowest BCUT2D eigenvalue weighted by Crippen LogP contribution is -2.35. The fourth-order valence-electron chi connectivity index (χ4n) is 2.53. The van der Waals surface area contributed by atoms with Gasteiger partial charge in [0.15, 0.2) is 0 Å². The molecule has 0 radical (unpaired) electrons. The summed E-state index contributed by atoms with van der Waals surface area (Å²) in [7, 11) is 1.65. The highest BCUT2D eigenvalue weighted by Crippen LogP contribution is 2.21. The summed E-state index contributed by atoms with van der Waals surface area (Å²) in [5.74, 6) is -0.354. The highest BCUT2D eigenvalue weighted by atomic mass is 32.2. The van der Waals surface area contributed by atoms with Gasteiger partial charge in [0, 0.05) is 23.2 Å². The van der Waals surface area contributed by atoms with Crippen LogP contribution < -0.4 is 5.32 Å². The van der Waals surface area contributed by atoms with Crippen molar-refractivity contribution in [3.63, 3.8) is 0 Å². The van der Waals surface area contributed by atoms with Crippen LogP contribution in [-0.2, 0) is 4.79 Å². The summed E-state index contributed by atoms with van der Waals surface area (Å²) in [5.41, 5.74) is 4.48. The van der Waals surface area contributed by atoms with Crippen LogP contribution in [0.3, 0.4) is 0 Å². The fourth-order valence-corrected chi connectivity index (χ4v) is 2.97. The lowest BCUT2D eigenvalue weighted by molar-refractivity contribution is -0.116. The molecule has 0 aliphatic carbocycles. The number of anilines is 1. The molecule has 2 amide bonds. The quantitative estimate of drug-likeness (QED) is 0.823. The third kappa shape index (κ3) is 4.63. The van der Waals surface area contributed by atoms with E-state index < -0.39 is 0 Å². The molecule has 2 aromatic rings. The molecular formula is C20H24N2O2S. The van der Waals surface area contributed by atoms with E-state index in [1.807, 2.05) is 63.4 Å². The van der Waals surface area contributed by atoms with Gasteiger partial charge in [-0.25, -0.2) is 0 Å². The number of thioether (sulfide) groups is 1. The van der Waals surface area contributed by atoms with Gasteiger partial charge < -0.3 is 10.2 Å². The van der Waals surface area contributed by atoms with E-state index >= 15 is 0 Å². The zero-order valence-corrected chi connectivity index (χ0v) is 16.2. The second-order valence-electron chi connectivity index (χ2n) is 6.14. The summed E-state index contributed by atoms with van der Waals surface area (Å²) in [4.78, 5) is 27.5. The average molecular weight is 356 g/mol. The number of nitrogens with one attached hydrogen (secondary N) is 1. The first kappa shape index (κ1) is 19.1. The fraction of sp³-hybridized carbons (Fsp3) is 0.300. The summed E-state index contributed by atoms with van der Waals surface area (Å²) >= 11 is 1.59. The number of rotatable bonds is 5. The first-order valence-electron chi connectivity index (χ1n) is 8.09. The third-order valence-electron chi connectivity index (χ3n) is 4.28. The van der Waals surface area contributed by atoms with E-state index in [2.05, 4.69) is 5.32 Å².